The quantitative estimate of drug-likeness (QED) is 0.236. The summed E-state index contributed by atoms with van der Waals surface area (Å²) in [6.45, 7) is 14.8. The number of phosphoric acid groups is 1. The van der Waals surface area contributed by atoms with E-state index in [1.54, 1.807) is 31.2 Å². The molecule has 0 bridgehead atoms. The summed E-state index contributed by atoms with van der Waals surface area (Å²) in [6.07, 6.45) is 0.636. The monoisotopic (exact) mass is 688 g/mol. The number of hydrogen-bond donors (Lipinski definition) is 0. The maximum atomic E-state index is 15.7. The molecule has 0 aliphatic carbocycles. The molecule has 5 rings (SSSR count). The van der Waals surface area contributed by atoms with Crippen molar-refractivity contribution in [2.24, 2.45) is 5.92 Å². The lowest BCUT2D eigenvalue weighted by Gasteiger charge is -2.33. The second kappa shape index (κ2) is 13.1. The van der Waals surface area contributed by atoms with E-state index >= 15 is 4.39 Å². The zero-order chi connectivity index (χ0) is 35.3. The highest BCUT2D eigenvalue weighted by Crippen LogP contribution is 2.58. The number of rotatable bonds is 8. The number of nitrogens with zero attached hydrogens (tertiary/aromatic N) is 2. The predicted molar refractivity (Wildman–Crippen MR) is 179 cm³/mol. The maximum Gasteiger partial charge on any atom is 0.530 e. The van der Waals surface area contributed by atoms with Crippen LogP contribution >= 0.6 is 7.82 Å². The average Bonchev–Trinajstić information content (AvgIpc) is 3.38. The van der Waals surface area contributed by atoms with Gasteiger partial charge in [-0.15, -0.1) is 0 Å². The number of aryl methyl sites for hydroxylation is 1. The molecule has 0 N–H and O–H groups in total. The number of halogens is 1. The van der Waals surface area contributed by atoms with E-state index in [0.717, 1.165) is 4.57 Å². The second-order valence-corrected chi connectivity index (χ2v) is 16.2. The molecule has 2 aliphatic heterocycles. The van der Waals surface area contributed by atoms with Crippen LogP contribution in [-0.4, -0.2) is 36.1 Å². The molecule has 11 nitrogen and oxygen atoms in total. The third-order valence-electron chi connectivity index (χ3n) is 8.93. The number of aromatic nitrogens is 2. The normalized spacial score (nSPS) is 22.7. The van der Waals surface area contributed by atoms with E-state index in [1.807, 2.05) is 48.5 Å². The second-order valence-electron chi connectivity index (χ2n) is 14.6. The van der Waals surface area contributed by atoms with Crippen molar-refractivity contribution in [2.75, 3.05) is 20.8 Å². The minimum atomic E-state index is -4.15. The van der Waals surface area contributed by atoms with Crippen LogP contribution in [0.15, 0.2) is 40.1 Å². The number of fused-ring (bicyclic) bond motifs is 1. The molecule has 1 aromatic heterocycles. The molecule has 4 unspecified atom stereocenters. The molecule has 1 saturated heterocycles. The van der Waals surface area contributed by atoms with E-state index in [4.69, 9.17) is 27.8 Å². The molecule has 1 fully saturated rings. The first kappa shape index (κ1) is 35.9. The molecule has 2 aromatic carbocycles. The van der Waals surface area contributed by atoms with E-state index in [9.17, 15) is 14.2 Å². The first-order chi connectivity index (χ1) is 22.4. The minimum absolute atomic E-state index is 0.0188. The van der Waals surface area contributed by atoms with Crippen molar-refractivity contribution in [3.05, 3.63) is 84.9 Å². The van der Waals surface area contributed by atoms with Crippen LogP contribution in [0.1, 0.15) is 88.9 Å². The highest BCUT2D eigenvalue weighted by molar-refractivity contribution is 7.49. The largest absolute Gasteiger partial charge is 0.530 e. The summed E-state index contributed by atoms with van der Waals surface area (Å²) in [5.41, 5.74) is 0.545. The summed E-state index contributed by atoms with van der Waals surface area (Å²) in [4.78, 5) is 26.8. The summed E-state index contributed by atoms with van der Waals surface area (Å²) in [6, 6.07) is 6.95. The molecular formula is C35H46FN2O9P. The van der Waals surface area contributed by atoms with Gasteiger partial charge in [-0.2, -0.15) is 0 Å². The molecule has 0 saturated carbocycles. The van der Waals surface area contributed by atoms with Gasteiger partial charge in [0.2, 0.25) is 0 Å². The van der Waals surface area contributed by atoms with Crippen LogP contribution in [0.4, 0.5) is 4.39 Å². The van der Waals surface area contributed by atoms with Crippen molar-refractivity contribution in [3.8, 4) is 17.2 Å². The van der Waals surface area contributed by atoms with Gasteiger partial charge < -0.3 is 18.7 Å². The van der Waals surface area contributed by atoms with Gasteiger partial charge in [0, 0.05) is 29.0 Å². The van der Waals surface area contributed by atoms with E-state index in [0.29, 0.717) is 40.2 Å². The molecular weight excluding hydrogens is 642 g/mol. The lowest BCUT2D eigenvalue weighted by molar-refractivity contribution is -0.0335. The molecule has 13 heteroatoms. The Balaban J connectivity index is 1.36. The fraction of sp³-hybridized carbons (Fsp3) is 0.543. The molecule has 4 atom stereocenters. The number of hydrogen-bond acceptors (Lipinski definition) is 9. The molecule has 0 radical (unpaired) electrons. The molecule has 0 amide bonds. The summed E-state index contributed by atoms with van der Waals surface area (Å²) in [5, 5.41) is 0. The van der Waals surface area contributed by atoms with Crippen molar-refractivity contribution in [2.45, 2.75) is 98.1 Å². The molecule has 3 heterocycles. The first-order valence-corrected chi connectivity index (χ1v) is 17.5. The van der Waals surface area contributed by atoms with Crippen molar-refractivity contribution in [3.63, 3.8) is 0 Å². The summed E-state index contributed by atoms with van der Waals surface area (Å²) >= 11 is 0. The fourth-order valence-corrected chi connectivity index (χ4v) is 7.27. The van der Waals surface area contributed by atoms with Crippen molar-refractivity contribution in [1.29, 1.82) is 0 Å². The van der Waals surface area contributed by atoms with Crippen LogP contribution in [0.3, 0.4) is 0 Å². The van der Waals surface area contributed by atoms with E-state index in [2.05, 4.69) is 0 Å². The van der Waals surface area contributed by atoms with Gasteiger partial charge in [0.15, 0.2) is 0 Å². The van der Waals surface area contributed by atoms with Gasteiger partial charge in [-0.25, -0.2) is 13.8 Å². The van der Waals surface area contributed by atoms with E-state index in [1.165, 1.54) is 25.0 Å². The molecule has 2 aliphatic rings. The topological polar surface area (TPSA) is 116 Å². The standard InChI is InChI=1S/C35H46FN2O9P/c1-20-13-29(37-16-21(2)32(39)38(33(37)40)17-22-11-12-23(42-9)14-27(22)43-10)46-28(20)19-45-48(41)44-18-24-30(36)25(34(3,4)5)15-26(31(24)47-48)35(6,7)8/h11-12,14-16,20,28-29H,13,17-19H2,1-10H3. The predicted octanol–water partition coefficient (Wildman–Crippen LogP) is 6.78. The summed E-state index contributed by atoms with van der Waals surface area (Å²) in [5.74, 6) is 0.676. The van der Waals surface area contributed by atoms with E-state index < -0.39 is 48.1 Å². The zero-order valence-corrected chi connectivity index (χ0v) is 30.2. The van der Waals surface area contributed by atoms with Gasteiger partial charge in [-0.3, -0.25) is 23.0 Å². The van der Waals surface area contributed by atoms with Crippen LogP contribution in [0.2, 0.25) is 0 Å². The SMILES string of the molecule is COc1ccc(Cn2c(=O)c(C)cn(C3CC(C)C(COP4(=O)OCc5c(F)c(C(C)(C)C)cc(C(C)(C)C)c5O4)O3)c2=O)c(OC)c1. The summed E-state index contributed by atoms with van der Waals surface area (Å²) in [7, 11) is -1.11. The lowest BCUT2D eigenvalue weighted by Crippen LogP contribution is -2.42. The van der Waals surface area contributed by atoms with Gasteiger partial charge in [-0.1, -0.05) is 48.5 Å². The van der Waals surface area contributed by atoms with Crippen LogP contribution in [0.25, 0.3) is 0 Å². The van der Waals surface area contributed by atoms with Crippen molar-refractivity contribution < 1.29 is 36.7 Å². The Labute approximate surface area is 280 Å². The molecule has 3 aromatic rings. The smallest absolute Gasteiger partial charge is 0.497 e. The maximum absolute atomic E-state index is 15.7. The third kappa shape index (κ3) is 6.99. The number of benzene rings is 2. The fourth-order valence-electron chi connectivity index (χ4n) is 6.04. The van der Waals surface area contributed by atoms with Gasteiger partial charge >= 0.3 is 13.5 Å². The lowest BCUT2D eigenvalue weighted by atomic mass is 9.78. The Bertz CT molecular complexity index is 1870. The van der Waals surface area contributed by atoms with Gasteiger partial charge in [0.1, 0.15) is 29.3 Å². The van der Waals surface area contributed by atoms with Crippen LogP contribution in [0, 0.1) is 18.7 Å². The Hall–Kier alpha value is -3.44. The summed E-state index contributed by atoms with van der Waals surface area (Å²) < 4.78 is 66.3. The van der Waals surface area contributed by atoms with Crippen LogP contribution in [0.5, 0.6) is 17.2 Å². The Morgan fingerprint density at radius 2 is 1.71 bits per heavy atom. The Morgan fingerprint density at radius 1 is 1.02 bits per heavy atom. The Morgan fingerprint density at radius 3 is 2.33 bits per heavy atom. The number of ether oxygens (including phenoxy) is 3. The Kier molecular flexibility index (Phi) is 9.80. The first-order valence-electron chi connectivity index (χ1n) is 16.0. The highest BCUT2D eigenvalue weighted by Gasteiger charge is 2.43. The van der Waals surface area contributed by atoms with Crippen LogP contribution in [-0.2, 0) is 42.3 Å². The molecule has 0 spiro atoms. The van der Waals surface area contributed by atoms with E-state index in [-0.39, 0.29) is 37.0 Å². The highest BCUT2D eigenvalue weighted by atomic mass is 31.2. The van der Waals surface area contributed by atoms with Gasteiger partial charge in [0.25, 0.3) is 5.56 Å². The van der Waals surface area contributed by atoms with Gasteiger partial charge in [0.05, 0.1) is 45.6 Å². The van der Waals surface area contributed by atoms with Gasteiger partial charge in [-0.05, 0) is 53.9 Å². The molecule has 48 heavy (non-hydrogen) atoms. The van der Waals surface area contributed by atoms with Crippen LogP contribution < -0.4 is 25.2 Å². The number of phosphoric ester groups is 1. The zero-order valence-electron chi connectivity index (χ0n) is 29.3. The van der Waals surface area contributed by atoms with Crippen molar-refractivity contribution in [1.82, 2.24) is 9.13 Å². The number of methoxy groups -OCH3 is 2. The van der Waals surface area contributed by atoms with Crippen molar-refractivity contribution >= 4 is 7.82 Å². The molecule has 262 valence electrons. The third-order valence-corrected chi connectivity index (χ3v) is 10.2. The minimum Gasteiger partial charge on any atom is -0.497 e. The average molecular weight is 689 g/mol.